The van der Waals surface area contributed by atoms with Gasteiger partial charge in [0.15, 0.2) is 0 Å². The molecular formula is C9H5Cl2NO. The van der Waals surface area contributed by atoms with Crippen LogP contribution in [-0.4, -0.2) is 5.11 Å². The number of nitriles is 1. The molecular weight excluding hydrogens is 209 g/mol. The van der Waals surface area contributed by atoms with E-state index in [2.05, 4.69) is 0 Å². The lowest BCUT2D eigenvalue weighted by Gasteiger charge is -1.99. The lowest BCUT2D eigenvalue weighted by Crippen LogP contribution is -1.81. The van der Waals surface area contributed by atoms with Gasteiger partial charge in [0.2, 0.25) is 0 Å². The zero-order valence-electron chi connectivity index (χ0n) is 6.46. The molecule has 0 spiro atoms. The van der Waals surface area contributed by atoms with E-state index in [1.165, 1.54) is 6.07 Å². The minimum Gasteiger partial charge on any atom is -0.514 e. The molecule has 1 aromatic rings. The third-order valence-electron chi connectivity index (χ3n) is 1.48. The Morgan fingerprint density at radius 2 is 2.08 bits per heavy atom. The molecule has 4 heteroatoms. The average Bonchev–Trinajstić information content (AvgIpc) is 2.13. The van der Waals surface area contributed by atoms with Gasteiger partial charge >= 0.3 is 0 Å². The van der Waals surface area contributed by atoms with Gasteiger partial charge in [0.25, 0.3) is 0 Å². The van der Waals surface area contributed by atoms with Crippen molar-refractivity contribution in [2.45, 2.75) is 0 Å². The second-order valence-electron chi connectivity index (χ2n) is 2.28. The van der Waals surface area contributed by atoms with Crippen molar-refractivity contribution in [3.8, 4) is 6.07 Å². The summed E-state index contributed by atoms with van der Waals surface area (Å²) in [6.45, 7) is 0. The smallest absolute Gasteiger partial charge is 0.103 e. The predicted molar refractivity (Wildman–Crippen MR) is 52.7 cm³/mol. The highest BCUT2D eigenvalue weighted by atomic mass is 35.5. The molecule has 0 aliphatic heterocycles. The molecule has 0 saturated heterocycles. The van der Waals surface area contributed by atoms with E-state index in [0.717, 1.165) is 6.26 Å². The fraction of sp³-hybridized carbons (Fsp3) is 0. The highest BCUT2D eigenvalue weighted by Crippen LogP contribution is 2.25. The van der Waals surface area contributed by atoms with Crippen molar-refractivity contribution < 1.29 is 5.11 Å². The Bertz CT molecular complexity index is 393. The summed E-state index contributed by atoms with van der Waals surface area (Å²) in [5.41, 5.74) is 0.693. The zero-order valence-corrected chi connectivity index (χ0v) is 7.97. The third kappa shape index (κ3) is 2.15. The Balaban J connectivity index is 3.20. The zero-order chi connectivity index (χ0) is 9.84. The first-order valence-electron chi connectivity index (χ1n) is 3.39. The van der Waals surface area contributed by atoms with E-state index in [1.807, 2.05) is 6.07 Å². The quantitative estimate of drug-likeness (QED) is 0.574. The first-order chi connectivity index (χ1) is 6.19. The van der Waals surface area contributed by atoms with Crippen molar-refractivity contribution in [2.24, 2.45) is 0 Å². The Hall–Kier alpha value is -1.17. The van der Waals surface area contributed by atoms with E-state index in [9.17, 15) is 0 Å². The number of aliphatic hydroxyl groups is 1. The van der Waals surface area contributed by atoms with Gasteiger partial charge in [-0.15, -0.1) is 0 Å². The third-order valence-corrected chi connectivity index (χ3v) is 2.22. The number of allylic oxidation sites excluding steroid dienone is 1. The lowest BCUT2D eigenvalue weighted by molar-refractivity contribution is 0.476. The molecule has 0 heterocycles. The summed E-state index contributed by atoms with van der Waals surface area (Å²) in [5, 5.41) is 18.0. The van der Waals surface area contributed by atoms with E-state index >= 15 is 0 Å². The van der Waals surface area contributed by atoms with Gasteiger partial charge in [0, 0.05) is 0 Å². The highest BCUT2D eigenvalue weighted by Gasteiger charge is 2.03. The van der Waals surface area contributed by atoms with Crippen molar-refractivity contribution in [3.63, 3.8) is 0 Å². The van der Waals surface area contributed by atoms with Gasteiger partial charge in [-0.25, -0.2) is 0 Å². The molecule has 0 bridgehead atoms. The van der Waals surface area contributed by atoms with Crippen molar-refractivity contribution in [1.29, 1.82) is 5.26 Å². The fourth-order valence-electron chi connectivity index (χ4n) is 0.832. The van der Waals surface area contributed by atoms with Gasteiger partial charge in [0.05, 0.1) is 21.9 Å². The first-order valence-corrected chi connectivity index (χ1v) is 4.14. The van der Waals surface area contributed by atoms with Crippen LogP contribution >= 0.6 is 23.2 Å². The number of hydrogen-bond acceptors (Lipinski definition) is 2. The van der Waals surface area contributed by atoms with Gasteiger partial charge in [-0.05, 0) is 17.7 Å². The Labute approximate surface area is 85.6 Å². The number of aliphatic hydroxyl groups excluding tert-OH is 1. The van der Waals surface area contributed by atoms with Gasteiger partial charge in [-0.3, -0.25) is 0 Å². The Morgan fingerprint density at radius 1 is 1.38 bits per heavy atom. The number of halogens is 2. The van der Waals surface area contributed by atoms with E-state index in [4.69, 9.17) is 33.6 Å². The average molecular weight is 214 g/mol. The van der Waals surface area contributed by atoms with Crippen molar-refractivity contribution in [2.75, 3.05) is 0 Å². The number of hydrogen-bond donors (Lipinski definition) is 1. The molecule has 1 rings (SSSR count). The van der Waals surface area contributed by atoms with Crippen LogP contribution < -0.4 is 0 Å². The van der Waals surface area contributed by atoms with Crippen LogP contribution in [0.3, 0.4) is 0 Å². The molecule has 0 fully saturated rings. The number of nitrogens with zero attached hydrogens (tertiary/aromatic N) is 1. The summed E-state index contributed by atoms with van der Waals surface area (Å²) in [5.74, 6) is 0. The van der Waals surface area contributed by atoms with Gasteiger partial charge in [0.1, 0.15) is 6.07 Å². The van der Waals surface area contributed by atoms with Crippen LogP contribution in [0.5, 0.6) is 0 Å². The maximum absolute atomic E-state index is 8.68. The summed E-state index contributed by atoms with van der Waals surface area (Å²) in [4.78, 5) is 0. The van der Waals surface area contributed by atoms with E-state index in [1.54, 1.807) is 12.1 Å². The first kappa shape index (κ1) is 9.91. The van der Waals surface area contributed by atoms with Crippen LogP contribution in [0.2, 0.25) is 10.0 Å². The predicted octanol–water partition coefficient (Wildman–Crippen LogP) is 3.42. The van der Waals surface area contributed by atoms with Crippen LogP contribution in [0.1, 0.15) is 5.56 Å². The SMILES string of the molecule is N#C/C(=C\O)c1ccc(Cl)c(Cl)c1. The molecule has 66 valence electrons. The summed E-state index contributed by atoms with van der Waals surface area (Å²) in [7, 11) is 0. The van der Waals surface area contributed by atoms with E-state index < -0.39 is 0 Å². The molecule has 2 nitrogen and oxygen atoms in total. The topological polar surface area (TPSA) is 44.0 Å². The highest BCUT2D eigenvalue weighted by molar-refractivity contribution is 6.42. The van der Waals surface area contributed by atoms with Crippen LogP contribution in [-0.2, 0) is 0 Å². The fourth-order valence-corrected chi connectivity index (χ4v) is 1.13. The summed E-state index contributed by atoms with van der Waals surface area (Å²) < 4.78 is 0. The monoisotopic (exact) mass is 213 g/mol. The van der Waals surface area contributed by atoms with Gasteiger partial charge in [-0.1, -0.05) is 29.3 Å². The normalized spacial score (nSPS) is 11.0. The van der Waals surface area contributed by atoms with Crippen LogP contribution in [0.15, 0.2) is 24.5 Å². The molecule has 13 heavy (non-hydrogen) atoms. The maximum atomic E-state index is 8.68. The standard InChI is InChI=1S/C9H5Cl2NO/c10-8-2-1-6(3-9(8)11)7(4-12)5-13/h1-3,5,13H/b7-5+. The Kier molecular flexibility index (Phi) is 3.18. The minimum atomic E-state index is 0.151. The summed E-state index contributed by atoms with van der Waals surface area (Å²) in [6, 6.07) is 6.53. The van der Waals surface area contributed by atoms with Crippen LogP contribution in [0.4, 0.5) is 0 Å². The second-order valence-corrected chi connectivity index (χ2v) is 3.10. The van der Waals surface area contributed by atoms with Gasteiger partial charge in [-0.2, -0.15) is 5.26 Å². The lowest BCUT2D eigenvalue weighted by atomic mass is 10.1. The maximum Gasteiger partial charge on any atom is 0.103 e. The van der Waals surface area contributed by atoms with Crippen molar-refractivity contribution in [3.05, 3.63) is 40.1 Å². The molecule has 0 aromatic heterocycles. The molecule has 0 amide bonds. The molecule has 0 radical (unpaired) electrons. The Morgan fingerprint density at radius 3 is 2.54 bits per heavy atom. The molecule has 0 atom stereocenters. The number of benzene rings is 1. The number of rotatable bonds is 1. The molecule has 0 aliphatic rings. The minimum absolute atomic E-state index is 0.151. The molecule has 1 aromatic carbocycles. The van der Waals surface area contributed by atoms with Gasteiger partial charge < -0.3 is 5.11 Å². The molecule has 0 unspecified atom stereocenters. The largest absolute Gasteiger partial charge is 0.514 e. The van der Waals surface area contributed by atoms with Crippen LogP contribution in [0, 0.1) is 11.3 Å². The van der Waals surface area contributed by atoms with E-state index in [-0.39, 0.29) is 5.57 Å². The molecule has 0 aliphatic carbocycles. The van der Waals surface area contributed by atoms with Crippen molar-refractivity contribution in [1.82, 2.24) is 0 Å². The molecule has 1 N–H and O–H groups in total. The van der Waals surface area contributed by atoms with Crippen molar-refractivity contribution >= 4 is 28.8 Å². The van der Waals surface area contributed by atoms with E-state index in [0.29, 0.717) is 15.6 Å². The van der Waals surface area contributed by atoms with Crippen LogP contribution in [0.25, 0.3) is 5.57 Å². The molecule has 0 saturated carbocycles. The summed E-state index contributed by atoms with van der Waals surface area (Å²) in [6.07, 6.45) is 0.736. The second kappa shape index (κ2) is 4.18. The summed E-state index contributed by atoms with van der Waals surface area (Å²) >= 11 is 11.4.